The Kier molecular flexibility index (Phi) is 6.09. The van der Waals surface area contributed by atoms with E-state index >= 15 is 0 Å². The summed E-state index contributed by atoms with van der Waals surface area (Å²) >= 11 is 0. The summed E-state index contributed by atoms with van der Waals surface area (Å²) in [7, 11) is -10.0. The van der Waals surface area contributed by atoms with Crippen molar-refractivity contribution in [3.63, 3.8) is 0 Å². The number of alkyl halides is 2. The number of carbonyl (C=O) groups excluding carboxylic acids is 3. The van der Waals surface area contributed by atoms with Crippen molar-refractivity contribution in [2.75, 3.05) is 12.4 Å². The van der Waals surface area contributed by atoms with E-state index in [0.29, 0.717) is 19.3 Å². The molecular formula is C17H23F2NO10S2. The molecule has 11 nitrogen and oxygen atoms in total. The Morgan fingerprint density at radius 1 is 1.09 bits per heavy atom. The van der Waals surface area contributed by atoms with Gasteiger partial charge in [-0.3, -0.25) is 14.1 Å². The topological polar surface area (TPSA) is 170 Å². The van der Waals surface area contributed by atoms with E-state index in [0.717, 1.165) is 6.92 Å². The van der Waals surface area contributed by atoms with Crippen molar-refractivity contribution in [1.29, 1.82) is 0 Å². The van der Waals surface area contributed by atoms with Crippen LogP contribution in [0.2, 0.25) is 0 Å². The van der Waals surface area contributed by atoms with Gasteiger partial charge in [-0.05, 0) is 50.9 Å². The van der Waals surface area contributed by atoms with Gasteiger partial charge in [0, 0.05) is 6.42 Å². The molecule has 4 aliphatic rings. The van der Waals surface area contributed by atoms with Gasteiger partial charge in [-0.1, -0.05) is 0 Å². The quantitative estimate of drug-likeness (QED) is 0.360. The second-order valence-corrected chi connectivity index (χ2v) is 12.3. The van der Waals surface area contributed by atoms with Crippen molar-refractivity contribution in [3.05, 3.63) is 0 Å². The third-order valence-electron chi connectivity index (χ3n) is 6.13. The van der Waals surface area contributed by atoms with Crippen LogP contribution in [0.1, 0.15) is 45.4 Å². The largest absolute Gasteiger partial charge is 0.458 e. The maximum Gasteiger partial charge on any atom is 0.421 e. The molecule has 0 aliphatic heterocycles. The first-order chi connectivity index (χ1) is 14.5. The highest BCUT2D eigenvalue weighted by atomic mass is 32.2. The van der Waals surface area contributed by atoms with Crippen molar-refractivity contribution in [2.45, 2.75) is 56.3 Å². The number of Topliss-reactive ketones (excluding diaryl/α,β-unsaturated/α-hetero) is 1. The molecule has 0 radical (unpaired) electrons. The van der Waals surface area contributed by atoms with Crippen molar-refractivity contribution in [2.24, 2.45) is 17.3 Å². The molecule has 4 fully saturated rings. The molecular weight excluding hydrogens is 480 g/mol. The molecule has 0 saturated heterocycles. The van der Waals surface area contributed by atoms with E-state index in [4.69, 9.17) is 9.29 Å². The number of sulfonamides is 1. The molecule has 4 rings (SSSR count). The summed E-state index contributed by atoms with van der Waals surface area (Å²) in [5.74, 6) is -2.94. The fourth-order valence-corrected chi connectivity index (χ4v) is 6.67. The van der Waals surface area contributed by atoms with Crippen LogP contribution in [0.15, 0.2) is 0 Å². The third kappa shape index (κ3) is 5.03. The van der Waals surface area contributed by atoms with Gasteiger partial charge in [0.15, 0.2) is 6.61 Å². The molecule has 4 bridgehead atoms. The van der Waals surface area contributed by atoms with Crippen LogP contribution in [-0.2, 0) is 39.2 Å². The lowest BCUT2D eigenvalue weighted by Crippen LogP contribution is -2.61. The van der Waals surface area contributed by atoms with E-state index in [2.05, 4.69) is 4.74 Å². The van der Waals surface area contributed by atoms with Crippen LogP contribution in [-0.4, -0.2) is 62.4 Å². The molecule has 15 heteroatoms. The van der Waals surface area contributed by atoms with Gasteiger partial charge in [-0.15, -0.1) is 0 Å². The highest BCUT2D eigenvalue weighted by Gasteiger charge is 2.63. The predicted octanol–water partition coefficient (Wildman–Crippen LogP) is 0.994. The van der Waals surface area contributed by atoms with Crippen LogP contribution in [0.25, 0.3) is 0 Å². The third-order valence-corrected chi connectivity index (χ3v) is 8.27. The molecule has 2 unspecified atom stereocenters. The smallest absolute Gasteiger partial charge is 0.421 e. The van der Waals surface area contributed by atoms with Gasteiger partial charge in [-0.25, -0.2) is 17.9 Å². The first-order valence-corrected chi connectivity index (χ1v) is 12.8. The lowest BCUT2D eigenvalue weighted by atomic mass is 9.48. The van der Waals surface area contributed by atoms with Crippen LogP contribution >= 0.6 is 0 Å². The van der Waals surface area contributed by atoms with Crippen LogP contribution < -0.4 is 4.72 Å². The van der Waals surface area contributed by atoms with Crippen LogP contribution in [0.5, 0.6) is 0 Å². The number of esters is 1. The van der Waals surface area contributed by atoms with Crippen molar-refractivity contribution >= 4 is 38.0 Å². The van der Waals surface area contributed by atoms with Gasteiger partial charge in [-0.2, -0.15) is 17.2 Å². The molecule has 1 amide bonds. The maximum atomic E-state index is 13.5. The minimum absolute atomic E-state index is 0.108. The average Bonchev–Trinajstić information content (AvgIpc) is 2.54. The number of ketones is 1. The average molecular weight is 503 g/mol. The normalized spacial score (nSPS) is 31.8. The van der Waals surface area contributed by atoms with E-state index in [1.165, 1.54) is 0 Å². The second kappa shape index (κ2) is 7.87. The van der Waals surface area contributed by atoms with Crippen molar-refractivity contribution in [1.82, 2.24) is 4.72 Å². The van der Waals surface area contributed by atoms with E-state index < -0.39 is 66.6 Å². The number of rotatable bonds is 8. The standard InChI is InChI=1S/C17H23F2NO10S2/c1-10(21)7-31(24,25)20-14(23)30-16-5-11-2-12(6-16)4-15(3-11,8-16)13(22)29-9-17(18,19)32(26,27)28/h11-12H,2-9H2,1H3,(H,20,23)(H,26,27,28). The van der Waals surface area contributed by atoms with Gasteiger partial charge >= 0.3 is 27.4 Å². The van der Waals surface area contributed by atoms with E-state index in [1.807, 2.05) is 0 Å². The summed E-state index contributed by atoms with van der Waals surface area (Å²) in [6.45, 7) is -0.829. The summed E-state index contributed by atoms with van der Waals surface area (Å²) in [5.41, 5.74) is -2.54. The number of amides is 1. The predicted molar refractivity (Wildman–Crippen MR) is 101 cm³/mol. The number of halogens is 2. The lowest BCUT2D eigenvalue weighted by molar-refractivity contribution is -0.199. The summed E-state index contributed by atoms with van der Waals surface area (Å²) in [6, 6.07) is 0. The SMILES string of the molecule is CC(=O)CS(=O)(=O)NC(=O)OC12CC3CC(C1)CC(C(=O)OCC(F)(F)S(=O)(=O)O)(C3)C2. The summed E-state index contributed by atoms with van der Waals surface area (Å²) < 4.78 is 92.3. The number of hydrogen-bond donors (Lipinski definition) is 2. The Bertz CT molecular complexity index is 1030. The van der Waals surface area contributed by atoms with E-state index in [1.54, 1.807) is 4.72 Å². The number of hydrogen-bond acceptors (Lipinski definition) is 9. The van der Waals surface area contributed by atoms with Gasteiger partial charge in [0.2, 0.25) is 10.0 Å². The van der Waals surface area contributed by atoms with Crippen molar-refractivity contribution < 1.29 is 54.0 Å². The fourth-order valence-electron chi connectivity index (χ4n) is 5.56. The second-order valence-electron chi connectivity index (χ2n) is 9.07. The molecule has 4 aliphatic carbocycles. The summed E-state index contributed by atoms with van der Waals surface area (Å²) in [6.07, 6.45) is 0.466. The van der Waals surface area contributed by atoms with E-state index in [-0.39, 0.29) is 31.1 Å². The molecule has 2 N–H and O–H groups in total. The minimum Gasteiger partial charge on any atom is -0.458 e. The molecule has 0 spiro atoms. The van der Waals surface area contributed by atoms with Crippen molar-refractivity contribution in [3.8, 4) is 0 Å². The van der Waals surface area contributed by atoms with Crippen LogP contribution in [0, 0.1) is 17.3 Å². The van der Waals surface area contributed by atoms with Crippen LogP contribution in [0.4, 0.5) is 13.6 Å². The minimum atomic E-state index is -5.78. The molecule has 32 heavy (non-hydrogen) atoms. The molecule has 0 aromatic rings. The van der Waals surface area contributed by atoms with Crippen LogP contribution in [0.3, 0.4) is 0 Å². The first-order valence-electron chi connectivity index (χ1n) is 9.72. The Morgan fingerprint density at radius 3 is 2.16 bits per heavy atom. The zero-order valence-corrected chi connectivity index (χ0v) is 18.6. The Hall–Kier alpha value is -1.87. The number of carbonyl (C=O) groups is 3. The summed E-state index contributed by atoms with van der Waals surface area (Å²) in [5, 5.41) is -4.68. The highest BCUT2D eigenvalue weighted by Crippen LogP contribution is 2.63. The Balaban J connectivity index is 1.74. The molecule has 0 aromatic heterocycles. The van der Waals surface area contributed by atoms with Gasteiger partial charge in [0.25, 0.3) is 0 Å². The zero-order valence-electron chi connectivity index (χ0n) is 17.0. The van der Waals surface area contributed by atoms with Gasteiger partial charge in [0.1, 0.15) is 17.1 Å². The first kappa shape index (κ1) is 24.8. The maximum absolute atomic E-state index is 13.5. The molecule has 182 valence electrons. The number of ether oxygens (including phenoxy) is 2. The van der Waals surface area contributed by atoms with Gasteiger partial charge in [0.05, 0.1) is 5.41 Å². The zero-order chi connectivity index (χ0) is 24.2. The monoisotopic (exact) mass is 503 g/mol. The fraction of sp³-hybridized carbons (Fsp3) is 0.824. The molecule has 0 aromatic carbocycles. The molecule has 2 atom stereocenters. The Labute approximate surface area is 183 Å². The molecule has 4 saturated carbocycles. The van der Waals surface area contributed by atoms with E-state index in [9.17, 15) is 40.0 Å². The summed E-state index contributed by atoms with van der Waals surface area (Å²) in [4.78, 5) is 36.0. The number of nitrogens with one attached hydrogen (secondary N) is 1. The highest BCUT2D eigenvalue weighted by molar-refractivity contribution is 7.90. The molecule has 0 heterocycles. The lowest BCUT2D eigenvalue weighted by Gasteiger charge is -2.59. The van der Waals surface area contributed by atoms with Gasteiger partial charge < -0.3 is 9.47 Å². The Morgan fingerprint density at radius 2 is 1.66 bits per heavy atom.